The van der Waals surface area contributed by atoms with E-state index in [4.69, 9.17) is 25.4 Å². The number of hydrogen-bond donors (Lipinski definition) is 2. The molecule has 2 aromatic rings. The molecule has 35 heavy (non-hydrogen) atoms. The number of halogens is 1. The van der Waals surface area contributed by atoms with Crippen LogP contribution in [-0.2, 0) is 12.0 Å². The highest BCUT2D eigenvalue weighted by atomic mass is 19.1. The summed E-state index contributed by atoms with van der Waals surface area (Å²) in [5, 5.41) is 8.47. The Hall–Kier alpha value is -3.13. The van der Waals surface area contributed by atoms with Crippen molar-refractivity contribution in [3.8, 4) is 17.2 Å². The summed E-state index contributed by atoms with van der Waals surface area (Å²) < 4.78 is 31.8. The summed E-state index contributed by atoms with van der Waals surface area (Å²) in [5.74, 6) is 0.829. The highest BCUT2D eigenvalue weighted by Crippen LogP contribution is 2.40. The van der Waals surface area contributed by atoms with Crippen molar-refractivity contribution in [3.63, 3.8) is 0 Å². The quantitative estimate of drug-likeness (QED) is 0.355. The van der Waals surface area contributed by atoms with Gasteiger partial charge in [0.15, 0.2) is 17.3 Å². The lowest BCUT2D eigenvalue weighted by atomic mass is 9.84. The average Bonchev–Trinajstić information content (AvgIpc) is 3.11. The molecule has 0 amide bonds. The van der Waals surface area contributed by atoms with Gasteiger partial charge in [-0.2, -0.15) is 0 Å². The van der Waals surface area contributed by atoms with E-state index in [1.165, 1.54) is 6.07 Å². The number of methoxy groups -OCH3 is 1. The zero-order valence-corrected chi connectivity index (χ0v) is 21.3. The third-order valence-corrected chi connectivity index (χ3v) is 5.95. The van der Waals surface area contributed by atoms with Crippen LogP contribution in [0.4, 0.5) is 4.39 Å². The van der Waals surface area contributed by atoms with Crippen LogP contribution in [0.1, 0.15) is 67.6 Å². The van der Waals surface area contributed by atoms with Gasteiger partial charge in [-0.25, -0.2) is 4.39 Å². The number of nitrogens with one attached hydrogen (secondary N) is 1. The van der Waals surface area contributed by atoms with Gasteiger partial charge in [-0.1, -0.05) is 20.8 Å². The van der Waals surface area contributed by atoms with Crippen LogP contribution in [0.2, 0.25) is 0 Å². The van der Waals surface area contributed by atoms with E-state index >= 15 is 0 Å². The number of amidine groups is 1. The maximum Gasteiger partial charge on any atom is 0.182 e. The summed E-state index contributed by atoms with van der Waals surface area (Å²) >= 11 is 0. The molecule has 0 saturated carbocycles. The van der Waals surface area contributed by atoms with Gasteiger partial charge >= 0.3 is 0 Å². The van der Waals surface area contributed by atoms with Crippen LogP contribution in [0.25, 0.3) is 0 Å². The first-order valence-corrected chi connectivity index (χ1v) is 12.0. The predicted octanol–water partition coefficient (Wildman–Crippen LogP) is 4.67. The van der Waals surface area contributed by atoms with Gasteiger partial charge in [-0.15, -0.1) is 0 Å². The number of benzene rings is 2. The smallest absolute Gasteiger partial charge is 0.182 e. The highest BCUT2D eigenvalue weighted by Gasteiger charge is 2.31. The molecule has 1 heterocycles. The fraction of sp³-hybridized carbons (Fsp3) is 0.481. The largest absolute Gasteiger partial charge is 0.494 e. The summed E-state index contributed by atoms with van der Waals surface area (Å²) in [6.45, 7) is 9.64. The number of fused-ring (bicyclic) bond motifs is 1. The van der Waals surface area contributed by atoms with E-state index in [9.17, 15) is 9.18 Å². The number of nitrogens with two attached hydrogens (primary N) is 1. The normalized spacial score (nSPS) is 13.1. The molecule has 0 radical (unpaired) electrons. The zero-order valence-electron chi connectivity index (χ0n) is 21.3. The minimum absolute atomic E-state index is 0.00304. The monoisotopic (exact) mass is 485 g/mol. The minimum Gasteiger partial charge on any atom is -0.494 e. The second-order valence-electron chi connectivity index (χ2n) is 9.65. The Balaban J connectivity index is 1.88. The van der Waals surface area contributed by atoms with Gasteiger partial charge in [0.2, 0.25) is 0 Å². The van der Waals surface area contributed by atoms with Crippen molar-refractivity contribution in [2.45, 2.75) is 52.5 Å². The maximum absolute atomic E-state index is 14.7. The van der Waals surface area contributed by atoms with E-state index in [1.807, 2.05) is 33.8 Å². The Morgan fingerprint density at radius 1 is 1.17 bits per heavy atom. The molecular weight excluding hydrogens is 449 g/mol. The molecule has 0 saturated heterocycles. The molecule has 0 aromatic heterocycles. The third-order valence-electron chi connectivity index (χ3n) is 5.95. The number of carbonyl (C=O) groups is 1. The van der Waals surface area contributed by atoms with Crippen LogP contribution in [0.15, 0.2) is 24.3 Å². The number of hydrogen-bond acceptors (Lipinski definition) is 6. The molecule has 0 spiro atoms. The van der Waals surface area contributed by atoms with Gasteiger partial charge in [0.05, 0.1) is 32.4 Å². The first-order chi connectivity index (χ1) is 16.6. The minimum atomic E-state index is -0.515. The van der Waals surface area contributed by atoms with Crippen molar-refractivity contribution in [1.82, 2.24) is 4.90 Å². The van der Waals surface area contributed by atoms with Gasteiger partial charge in [0, 0.05) is 23.7 Å². The van der Waals surface area contributed by atoms with E-state index in [2.05, 4.69) is 0 Å². The molecule has 2 aromatic carbocycles. The standard InChI is InChI=1S/C27H36FN3O4/c1-6-34-19-11-18-15-31(26(30)24(18)21(28)14-19)16-22(32)17-12-20(27(2,3)4)25(33-5)23(13-17)35-10-8-7-9-29/h11-14,30H,6-10,15-16,29H2,1-5H3. The Morgan fingerprint density at radius 2 is 1.91 bits per heavy atom. The molecule has 0 bridgehead atoms. The second-order valence-corrected chi connectivity index (χ2v) is 9.65. The van der Waals surface area contributed by atoms with Gasteiger partial charge in [0.1, 0.15) is 17.4 Å². The number of ketones is 1. The number of rotatable bonds is 11. The topological polar surface area (TPSA) is 97.9 Å². The van der Waals surface area contributed by atoms with E-state index < -0.39 is 5.82 Å². The first-order valence-electron chi connectivity index (χ1n) is 12.0. The lowest BCUT2D eigenvalue weighted by molar-refractivity contribution is 0.0962. The molecule has 7 nitrogen and oxygen atoms in total. The van der Waals surface area contributed by atoms with Crippen LogP contribution in [0.3, 0.4) is 0 Å². The summed E-state index contributed by atoms with van der Waals surface area (Å²) in [4.78, 5) is 15.0. The number of Topliss-reactive ketones (excluding diaryl/α,β-unsaturated/α-hetero) is 1. The maximum atomic E-state index is 14.7. The molecule has 1 aliphatic rings. The van der Waals surface area contributed by atoms with Gasteiger partial charge < -0.3 is 24.8 Å². The molecule has 0 aliphatic carbocycles. The Bertz CT molecular complexity index is 1090. The molecule has 0 fully saturated rings. The summed E-state index contributed by atoms with van der Waals surface area (Å²) in [7, 11) is 1.59. The molecule has 190 valence electrons. The lowest BCUT2D eigenvalue weighted by Gasteiger charge is -2.25. The zero-order chi connectivity index (χ0) is 25.8. The van der Waals surface area contributed by atoms with Crippen LogP contribution >= 0.6 is 0 Å². The van der Waals surface area contributed by atoms with Crippen molar-refractivity contribution < 1.29 is 23.4 Å². The Labute approximate surface area is 206 Å². The number of carbonyl (C=O) groups excluding carboxylic acids is 1. The second kappa shape index (κ2) is 11.1. The van der Waals surface area contributed by atoms with Gasteiger partial charge in [-0.3, -0.25) is 10.2 Å². The van der Waals surface area contributed by atoms with Crippen molar-refractivity contribution in [2.24, 2.45) is 5.73 Å². The average molecular weight is 486 g/mol. The predicted molar refractivity (Wildman–Crippen MR) is 135 cm³/mol. The van der Waals surface area contributed by atoms with Crippen LogP contribution in [0, 0.1) is 11.2 Å². The van der Waals surface area contributed by atoms with Crippen molar-refractivity contribution in [1.29, 1.82) is 5.41 Å². The fourth-order valence-electron chi connectivity index (χ4n) is 4.18. The van der Waals surface area contributed by atoms with E-state index in [-0.39, 0.29) is 35.7 Å². The van der Waals surface area contributed by atoms with E-state index in [0.717, 1.165) is 18.4 Å². The van der Waals surface area contributed by atoms with Crippen molar-refractivity contribution >= 4 is 11.6 Å². The molecule has 0 atom stereocenters. The van der Waals surface area contributed by atoms with Gasteiger partial charge in [0.25, 0.3) is 0 Å². The van der Waals surface area contributed by atoms with E-state index in [1.54, 1.807) is 24.1 Å². The molecular formula is C27H36FN3O4. The summed E-state index contributed by atoms with van der Waals surface area (Å²) in [6, 6.07) is 6.54. The molecule has 0 unspecified atom stereocenters. The van der Waals surface area contributed by atoms with Crippen LogP contribution in [-0.4, -0.2) is 49.9 Å². The fourth-order valence-corrected chi connectivity index (χ4v) is 4.18. The first kappa shape index (κ1) is 26.5. The molecule has 8 heteroatoms. The number of ether oxygens (including phenoxy) is 3. The number of unbranched alkanes of at least 4 members (excludes halogenated alkanes) is 1. The van der Waals surface area contributed by atoms with Crippen molar-refractivity contribution in [3.05, 3.63) is 52.3 Å². The SMILES string of the molecule is CCOc1cc(F)c2c(c1)CN(CC(=O)c1cc(OCCCCN)c(OC)c(C(C)(C)C)c1)C2=N. The van der Waals surface area contributed by atoms with Crippen molar-refractivity contribution in [2.75, 3.05) is 33.4 Å². The molecule has 1 aliphatic heterocycles. The Kier molecular flexibility index (Phi) is 8.38. The third kappa shape index (κ3) is 5.93. The summed E-state index contributed by atoms with van der Waals surface area (Å²) in [5.41, 5.74) is 7.46. The molecule has 3 rings (SSSR count). The van der Waals surface area contributed by atoms with Crippen LogP contribution < -0.4 is 19.9 Å². The lowest BCUT2D eigenvalue weighted by Crippen LogP contribution is -2.30. The molecule has 3 N–H and O–H groups in total. The van der Waals surface area contributed by atoms with Gasteiger partial charge in [-0.05, 0) is 55.5 Å². The number of nitrogens with zero attached hydrogens (tertiary/aromatic N) is 1. The van der Waals surface area contributed by atoms with E-state index in [0.29, 0.717) is 48.1 Å². The Morgan fingerprint density at radius 3 is 2.54 bits per heavy atom. The summed E-state index contributed by atoms with van der Waals surface area (Å²) in [6.07, 6.45) is 1.63. The highest BCUT2D eigenvalue weighted by molar-refractivity contribution is 6.05. The van der Waals surface area contributed by atoms with Crippen LogP contribution in [0.5, 0.6) is 17.2 Å².